The molecule has 0 aromatic carbocycles. The van der Waals surface area contributed by atoms with Crippen molar-refractivity contribution in [3.05, 3.63) is 76.7 Å². The van der Waals surface area contributed by atoms with Crippen molar-refractivity contribution in [2.45, 2.75) is 140 Å². The number of nitrogens with one attached hydrogen (secondary N) is 5. The summed E-state index contributed by atoms with van der Waals surface area (Å²) < 4.78 is 55.6. The van der Waals surface area contributed by atoms with E-state index < -0.39 is 31.9 Å². The molecule has 0 saturated carbocycles. The fourth-order valence-corrected chi connectivity index (χ4v) is 10.5. The van der Waals surface area contributed by atoms with Crippen LogP contribution in [0.1, 0.15) is 140 Å². The van der Waals surface area contributed by atoms with Crippen LogP contribution in [0, 0.1) is 11.8 Å². The summed E-state index contributed by atoms with van der Waals surface area (Å²) in [7, 11) is -8.39. The molecule has 67 heavy (non-hydrogen) atoms. The second-order valence-electron chi connectivity index (χ2n) is 20.9. The zero-order valence-corrected chi connectivity index (χ0v) is 42.5. The lowest BCUT2D eigenvalue weighted by Crippen LogP contribution is -2.41. The minimum absolute atomic E-state index is 0.114. The predicted octanol–water partition coefficient (Wildman–Crippen LogP) is 6.62. The molecule has 4 aromatic rings. The van der Waals surface area contributed by atoms with Crippen molar-refractivity contribution in [1.29, 1.82) is 0 Å². The molecular weight excluding hydrogens is 916 g/mol. The van der Waals surface area contributed by atoms with Gasteiger partial charge >= 0.3 is 0 Å². The smallest absolute Gasteiger partial charge is 0.281 e. The first-order valence-electron chi connectivity index (χ1n) is 22.6. The fourth-order valence-electron chi connectivity index (χ4n) is 8.42. The monoisotopic (exact) mass is 980 g/mol. The molecule has 2 amide bonds. The SMILES string of the molecule is CC(C)(C)c1ncc2c(n1)N1C[C@@H](CCCNc3cccc(n3)S(=O)(=O)NC2=O)CC1(C)C.CC1(C)C[C@H](CCCNc2cccc(S(=O)(=O)NC(=O)c3cnc(C(C)(C)C)nc3Cl)n2)CN1. The zero-order chi connectivity index (χ0) is 49.2. The Bertz CT molecular complexity index is 2690. The molecule has 21 heteroatoms. The Morgan fingerprint density at radius 3 is 2.28 bits per heavy atom. The van der Waals surface area contributed by atoms with Crippen LogP contribution >= 0.6 is 11.6 Å². The summed E-state index contributed by atoms with van der Waals surface area (Å²) in [6, 6.07) is 9.29. The molecular formula is C46H65ClN12O6S2. The van der Waals surface area contributed by atoms with Gasteiger partial charge in [-0.2, -0.15) is 16.8 Å². The number of carbonyl (C=O) groups excluding carboxylic acids is 2. The lowest BCUT2D eigenvalue weighted by Gasteiger charge is -2.34. The van der Waals surface area contributed by atoms with Crippen LogP contribution in [0.15, 0.2) is 58.8 Å². The van der Waals surface area contributed by atoms with Crippen molar-refractivity contribution in [3.8, 4) is 0 Å². The van der Waals surface area contributed by atoms with Gasteiger partial charge in [0.15, 0.2) is 10.1 Å². The number of halogens is 1. The molecule has 2 fully saturated rings. The van der Waals surface area contributed by atoms with E-state index in [0.29, 0.717) is 54.0 Å². The van der Waals surface area contributed by atoms with Gasteiger partial charge in [-0.3, -0.25) is 9.59 Å². The first kappa shape index (κ1) is 51.3. The molecule has 364 valence electrons. The Morgan fingerprint density at radius 2 is 1.61 bits per heavy atom. The van der Waals surface area contributed by atoms with E-state index in [1.807, 2.05) is 46.3 Å². The third-order valence-electron chi connectivity index (χ3n) is 11.9. The minimum atomic E-state index is -4.22. The predicted molar refractivity (Wildman–Crippen MR) is 259 cm³/mol. The molecule has 0 unspecified atom stereocenters. The van der Waals surface area contributed by atoms with E-state index in [-0.39, 0.29) is 48.2 Å². The quantitative estimate of drug-likeness (QED) is 0.0920. The van der Waals surface area contributed by atoms with Gasteiger partial charge in [-0.1, -0.05) is 65.3 Å². The number of hydrogen-bond donors (Lipinski definition) is 5. The Hall–Kier alpha value is -5.05. The van der Waals surface area contributed by atoms with Gasteiger partial charge in [0, 0.05) is 53.9 Å². The maximum absolute atomic E-state index is 13.3. The van der Waals surface area contributed by atoms with Crippen LogP contribution in [0.2, 0.25) is 5.15 Å². The molecule has 0 aliphatic carbocycles. The first-order valence-corrected chi connectivity index (χ1v) is 26.0. The topological polar surface area (TPSA) is 243 Å². The van der Waals surface area contributed by atoms with Gasteiger partial charge in [0.05, 0.1) is 5.56 Å². The lowest BCUT2D eigenvalue weighted by atomic mass is 9.93. The van der Waals surface area contributed by atoms with E-state index in [2.05, 4.69) is 78.2 Å². The van der Waals surface area contributed by atoms with Gasteiger partial charge in [-0.05, 0) is 109 Å². The first-order chi connectivity index (χ1) is 31.1. The molecule has 7 rings (SSSR count). The second kappa shape index (κ2) is 19.9. The molecule has 2 saturated heterocycles. The fraction of sp³-hybridized carbons (Fsp3) is 0.565. The maximum Gasteiger partial charge on any atom is 0.281 e. The van der Waals surface area contributed by atoms with Gasteiger partial charge < -0.3 is 20.9 Å². The number of amides is 2. The normalized spacial score (nSPS) is 20.2. The van der Waals surface area contributed by atoms with E-state index in [4.69, 9.17) is 16.6 Å². The molecule has 18 nitrogen and oxygen atoms in total. The van der Waals surface area contributed by atoms with Gasteiger partial charge in [-0.25, -0.2) is 39.3 Å². The summed E-state index contributed by atoms with van der Waals surface area (Å²) in [5.74, 6) is 1.81. The van der Waals surface area contributed by atoms with Crippen LogP contribution in [0.25, 0.3) is 0 Å². The number of rotatable bonds is 8. The molecule has 3 aliphatic rings. The molecule has 0 radical (unpaired) electrons. The van der Waals surface area contributed by atoms with E-state index in [1.54, 1.807) is 24.3 Å². The van der Waals surface area contributed by atoms with Gasteiger partial charge in [0.25, 0.3) is 31.9 Å². The summed E-state index contributed by atoms with van der Waals surface area (Å²) in [6.45, 7) is 23.6. The molecule has 3 aliphatic heterocycles. The van der Waals surface area contributed by atoms with Crippen molar-refractivity contribution < 1.29 is 26.4 Å². The number of hydrogen-bond acceptors (Lipinski definition) is 16. The van der Waals surface area contributed by atoms with Crippen molar-refractivity contribution in [3.63, 3.8) is 0 Å². The molecule has 4 bridgehead atoms. The highest BCUT2D eigenvalue weighted by atomic mass is 35.5. The van der Waals surface area contributed by atoms with E-state index in [1.165, 1.54) is 24.5 Å². The number of aromatic nitrogens is 6. The van der Waals surface area contributed by atoms with Gasteiger partial charge in [0.1, 0.15) is 39.8 Å². The van der Waals surface area contributed by atoms with Gasteiger partial charge in [0.2, 0.25) is 0 Å². The average molecular weight is 982 g/mol. The third kappa shape index (κ3) is 13.1. The Labute approximate surface area is 400 Å². The van der Waals surface area contributed by atoms with Crippen LogP contribution in [-0.2, 0) is 30.9 Å². The highest BCUT2D eigenvalue weighted by molar-refractivity contribution is 7.90. The number of carbonyl (C=O) groups is 2. The Kier molecular flexibility index (Phi) is 15.2. The standard InChI is InChI=1S/C23H33ClN6O3S.C23H32N6O3S/c1-22(2,3)21-26-14-16(19(24)29-21)20(31)30-34(32,33)18-10-6-9-17(28-18)25-11-7-8-15-12-23(4,5)27-13-15;1-22(2,3)21-25-13-16-19(27-21)29-14-15(12-23(29,4)5)8-7-11-24-17-9-6-10-18(26-17)33(31,32)28-20(16)30/h6,9-10,14-15,27H,7-8,11-13H2,1-5H3,(H,25,28)(H,30,31);6,9-10,13,15H,7-8,11-12,14H2,1-5H3,(H,24,26)(H,28,30)/t2*15-/m00/s1. The molecule has 0 spiro atoms. The lowest BCUT2D eigenvalue weighted by molar-refractivity contribution is 0.0971. The number of anilines is 3. The summed E-state index contributed by atoms with van der Waals surface area (Å²) >= 11 is 6.13. The van der Waals surface area contributed by atoms with E-state index in [0.717, 1.165) is 51.6 Å². The minimum Gasteiger partial charge on any atom is -0.370 e. The number of pyridine rings is 2. The largest absolute Gasteiger partial charge is 0.370 e. The van der Waals surface area contributed by atoms with Crippen LogP contribution < -0.4 is 30.3 Å². The number of nitrogens with zero attached hydrogens (tertiary/aromatic N) is 7. The number of sulfonamides is 2. The third-order valence-corrected chi connectivity index (χ3v) is 14.6. The van der Waals surface area contributed by atoms with Crippen LogP contribution in [-0.4, -0.2) is 95.8 Å². The van der Waals surface area contributed by atoms with E-state index >= 15 is 0 Å². The average Bonchev–Trinajstić information content (AvgIpc) is 3.75. The molecule has 7 heterocycles. The van der Waals surface area contributed by atoms with Crippen molar-refractivity contribution in [1.82, 2.24) is 44.7 Å². The zero-order valence-electron chi connectivity index (χ0n) is 40.1. The van der Waals surface area contributed by atoms with Crippen molar-refractivity contribution in [2.24, 2.45) is 11.8 Å². The van der Waals surface area contributed by atoms with Crippen LogP contribution in [0.4, 0.5) is 17.5 Å². The second-order valence-corrected chi connectivity index (χ2v) is 24.5. The van der Waals surface area contributed by atoms with Crippen LogP contribution in [0.5, 0.6) is 0 Å². The summed E-state index contributed by atoms with van der Waals surface area (Å²) in [5, 5.41) is 9.29. The maximum atomic E-state index is 13.3. The van der Waals surface area contributed by atoms with Crippen LogP contribution in [0.3, 0.4) is 0 Å². The van der Waals surface area contributed by atoms with Gasteiger partial charge in [-0.15, -0.1) is 0 Å². The van der Waals surface area contributed by atoms with Crippen molar-refractivity contribution >= 4 is 60.9 Å². The molecule has 2 atom stereocenters. The number of fused-ring (bicyclic) bond motifs is 6. The summed E-state index contributed by atoms with van der Waals surface area (Å²) in [5.41, 5.74) is -0.724. The molecule has 5 N–H and O–H groups in total. The highest BCUT2D eigenvalue weighted by Gasteiger charge is 2.41. The highest BCUT2D eigenvalue weighted by Crippen LogP contribution is 2.40. The summed E-state index contributed by atoms with van der Waals surface area (Å²) in [4.78, 5) is 53.8. The van der Waals surface area contributed by atoms with Crippen molar-refractivity contribution in [2.75, 3.05) is 41.7 Å². The Morgan fingerprint density at radius 1 is 0.925 bits per heavy atom. The van der Waals surface area contributed by atoms with E-state index in [9.17, 15) is 26.4 Å². The molecule has 4 aromatic heterocycles. The summed E-state index contributed by atoms with van der Waals surface area (Å²) in [6.07, 6.45) is 8.72. The Balaban J connectivity index is 0.000000221.